The highest BCUT2D eigenvalue weighted by Gasteiger charge is 2.09. The number of halogens is 1. The number of hydrogen-bond acceptors (Lipinski definition) is 6. The Morgan fingerprint density at radius 3 is 2.59 bits per heavy atom. The Kier molecular flexibility index (Phi) is 7.77. The van der Waals surface area contributed by atoms with E-state index >= 15 is 0 Å². The number of nitrogens with zero attached hydrogens (tertiary/aromatic N) is 2. The molecule has 8 nitrogen and oxygen atoms in total. The normalized spacial score (nSPS) is 10.7. The van der Waals surface area contributed by atoms with Crippen molar-refractivity contribution in [2.45, 2.75) is 13.5 Å². The van der Waals surface area contributed by atoms with Gasteiger partial charge in [-0.1, -0.05) is 23.7 Å². The molecule has 0 aliphatic carbocycles. The van der Waals surface area contributed by atoms with Crippen LogP contribution in [0.5, 0.6) is 11.5 Å². The van der Waals surface area contributed by atoms with Crippen LogP contribution in [0.4, 0.5) is 5.69 Å². The molecule has 0 saturated carbocycles. The third kappa shape index (κ3) is 6.29. The molecule has 0 heterocycles. The Bertz CT molecular complexity index is 1130. The highest BCUT2D eigenvalue weighted by Crippen LogP contribution is 2.29. The third-order valence-corrected chi connectivity index (χ3v) is 4.52. The first-order valence-corrected chi connectivity index (χ1v) is 10.1. The van der Waals surface area contributed by atoms with Crippen LogP contribution < -0.4 is 14.9 Å². The van der Waals surface area contributed by atoms with Crippen LogP contribution in [0, 0.1) is 10.1 Å². The Balaban J connectivity index is 1.66. The molecule has 0 radical (unpaired) electrons. The summed E-state index contributed by atoms with van der Waals surface area (Å²) in [5.74, 6) is 0.617. The van der Waals surface area contributed by atoms with Gasteiger partial charge in [0.05, 0.1) is 17.7 Å². The van der Waals surface area contributed by atoms with Crippen molar-refractivity contribution in [3.05, 3.63) is 98.6 Å². The molecule has 0 unspecified atom stereocenters. The summed E-state index contributed by atoms with van der Waals surface area (Å²) < 4.78 is 11.4. The fourth-order valence-corrected chi connectivity index (χ4v) is 2.87. The molecule has 3 aromatic carbocycles. The molecule has 1 amide bonds. The van der Waals surface area contributed by atoms with Crippen molar-refractivity contribution in [3.63, 3.8) is 0 Å². The van der Waals surface area contributed by atoms with E-state index in [1.807, 2.05) is 6.92 Å². The van der Waals surface area contributed by atoms with Crippen LogP contribution in [0.2, 0.25) is 5.02 Å². The van der Waals surface area contributed by atoms with Crippen LogP contribution in [0.15, 0.2) is 71.8 Å². The lowest BCUT2D eigenvalue weighted by atomic mass is 10.2. The van der Waals surface area contributed by atoms with Gasteiger partial charge in [-0.05, 0) is 60.5 Å². The molecule has 0 saturated heterocycles. The molecule has 1 N–H and O–H groups in total. The number of nitro benzene ring substituents is 1. The van der Waals surface area contributed by atoms with E-state index in [9.17, 15) is 14.9 Å². The zero-order valence-electron chi connectivity index (χ0n) is 17.2. The molecule has 164 valence electrons. The summed E-state index contributed by atoms with van der Waals surface area (Å²) in [4.78, 5) is 22.6. The smallest absolute Gasteiger partial charge is 0.271 e. The van der Waals surface area contributed by atoms with E-state index in [0.717, 1.165) is 0 Å². The summed E-state index contributed by atoms with van der Waals surface area (Å²) in [6.07, 6.45) is 1.49. The number of nitrogens with one attached hydrogen (secondary N) is 1. The first kappa shape index (κ1) is 22.8. The number of rotatable bonds is 9. The maximum Gasteiger partial charge on any atom is 0.271 e. The van der Waals surface area contributed by atoms with Gasteiger partial charge in [0.2, 0.25) is 0 Å². The summed E-state index contributed by atoms with van der Waals surface area (Å²) in [7, 11) is 0. The molecule has 0 bridgehead atoms. The lowest BCUT2D eigenvalue weighted by Crippen LogP contribution is -2.17. The first-order chi connectivity index (χ1) is 15.5. The van der Waals surface area contributed by atoms with Gasteiger partial charge in [-0.15, -0.1) is 0 Å². The maximum atomic E-state index is 12.1. The fraction of sp³-hybridized carbons (Fsp3) is 0.130. The Morgan fingerprint density at radius 2 is 1.88 bits per heavy atom. The van der Waals surface area contributed by atoms with Crippen molar-refractivity contribution in [1.29, 1.82) is 0 Å². The van der Waals surface area contributed by atoms with Crippen LogP contribution in [0.25, 0.3) is 0 Å². The van der Waals surface area contributed by atoms with Crippen LogP contribution in [-0.4, -0.2) is 23.7 Å². The lowest BCUT2D eigenvalue weighted by Gasteiger charge is -2.12. The summed E-state index contributed by atoms with van der Waals surface area (Å²) in [6, 6.07) is 17.9. The van der Waals surface area contributed by atoms with Crippen LogP contribution in [-0.2, 0) is 6.61 Å². The van der Waals surface area contributed by atoms with E-state index in [-0.39, 0.29) is 18.2 Å². The van der Waals surface area contributed by atoms with Crippen molar-refractivity contribution < 1.29 is 19.2 Å². The van der Waals surface area contributed by atoms with Crippen LogP contribution in [0.1, 0.15) is 28.4 Å². The summed E-state index contributed by atoms with van der Waals surface area (Å²) in [5, 5.41) is 15.4. The van der Waals surface area contributed by atoms with E-state index in [4.69, 9.17) is 21.1 Å². The largest absolute Gasteiger partial charge is 0.490 e. The molecule has 0 aliphatic rings. The molecule has 32 heavy (non-hydrogen) atoms. The molecule has 3 aromatic rings. The molecule has 0 aliphatic heterocycles. The molecule has 0 aromatic heterocycles. The quantitative estimate of drug-likeness (QED) is 0.279. The first-order valence-electron chi connectivity index (χ1n) is 9.68. The predicted octanol–water partition coefficient (Wildman–Crippen LogP) is 4.99. The zero-order chi connectivity index (χ0) is 22.9. The molecule has 0 atom stereocenters. The lowest BCUT2D eigenvalue weighted by molar-refractivity contribution is -0.384. The molecular weight excluding hydrogens is 434 g/mol. The number of hydrazone groups is 1. The van der Waals surface area contributed by atoms with Gasteiger partial charge in [0.15, 0.2) is 11.5 Å². The second-order valence-electron chi connectivity index (χ2n) is 6.56. The van der Waals surface area contributed by atoms with Crippen molar-refractivity contribution in [3.8, 4) is 11.5 Å². The van der Waals surface area contributed by atoms with Crippen molar-refractivity contribution in [2.24, 2.45) is 5.10 Å². The highest BCUT2D eigenvalue weighted by molar-refractivity contribution is 6.30. The van der Waals surface area contributed by atoms with E-state index in [0.29, 0.717) is 39.8 Å². The number of benzene rings is 3. The average molecular weight is 454 g/mol. The molecule has 3 rings (SSSR count). The van der Waals surface area contributed by atoms with Gasteiger partial charge in [0.25, 0.3) is 11.6 Å². The molecule has 0 fully saturated rings. The van der Waals surface area contributed by atoms with Gasteiger partial charge in [0.1, 0.15) is 6.61 Å². The molecule has 0 spiro atoms. The van der Waals surface area contributed by atoms with E-state index < -0.39 is 4.92 Å². The Morgan fingerprint density at radius 1 is 1.09 bits per heavy atom. The SMILES string of the molecule is CCOc1cc(/C=N\NC(=O)c2ccc(Cl)cc2)ccc1OCc1cccc([N+](=O)[O-])c1. The third-order valence-electron chi connectivity index (χ3n) is 4.27. The van der Waals surface area contributed by atoms with Gasteiger partial charge in [0, 0.05) is 22.7 Å². The summed E-state index contributed by atoms with van der Waals surface area (Å²) in [5.41, 5.74) is 4.25. The van der Waals surface area contributed by atoms with Gasteiger partial charge >= 0.3 is 0 Å². The summed E-state index contributed by atoms with van der Waals surface area (Å²) >= 11 is 5.82. The van der Waals surface area contributed by atoms with Gasteiger partial charge in [-0.2, -0.15) is 5.10 Å². The predicted molar refractivity (Wildman–Crippen MR) is 122 cm³/mol. The number of ether oxygens (including phenoxy) is 2. The topological polar surface area (TPSA) is 103 Å². The summed E-state index contributed by atoms with van der Waals surface area (Å²) in [6.45, 7) is 2.41. The van der Waals surface area contributed by atoms with Crippen LogP contribution in [0.3, 0.4) is 0 Å². The van der Waals surface area contributed by atoms with Crippen molar-refractivity contribution in [2.75, 3.05) is 6.61 Å². The second-order valence-corrected chi connectivity index (χ2v) is 7.00. The molecular formula is C23H20ClN3O5. The van der Waals surface area contributed by atoms with Crippen LogP contribution >= 0.6 is 11.6 Å². The monoisotopic (exact) mass is 453 g/mol. The number of non-ortho nitro benzene ring substituents is 1. The van der Waals surface area contributed by atoms with E-state index in [1.54, 1.807) is 54.6 Å². The number of carbonyl (C=O) groups excluding carboxylic acids is 1. The average Bonchev–Trinajstić information content (AvgIpc) is 2.79. The van der Waals surface area contributed by atoms with Crippen molar-refractivity contribution >= 4 is 29.4 Å². The van der Waals surface area contributed by atoms with E-state index in [2.05, 4.69) is 10.5 Å². The number of nitro groups is 1. The minimum Gasteiger partial charge on any atom is -0.490 e. The van der Waals surface area contributed by atoms with Gasteiger partial charge < -0.3 is 9.47 Å². The number of hydrogen-bond donors (Lipinski definition) is 1. The van der Waals surface area contributed by atoms with E-state index in [1.165, 1.54) is 18.3 Å². The number of amides is 1. The molecule has 9 heteroatoms. The van der Waals surface area contributed by atoms with Crippen molar-refractivity contribution in [1.82, 2.24) is 5.43 Å². The maximum absolute atomic E-state index is 12.1. The minimum absolute atomic E-state index is 0.00309. The van der Waals surface area contributed by atoms with Gasteiger partial charge in [-0.25, -0.2) is 5.43 Å². The Hall–Kier alpha value is -3.91. The zero-order valence-corrected chi connectivity index (χ0v) is 17.9. The van der Waals surface area contributed by atoms with Gasteiger partial charge in [-0.3, -0.25) is 14.9 Å². The Labute approximate surface area is 189 Å². The highest BCUT2D eigenvalue weighted by atomic mass is 35.5. The number of carbonyl (C=O) groups is 1. The second kappa shape index (κ2) is 10.9. The fourth-order valence-electron chi connectivity index (χ4n) is 2.74. The minimum atomic E-state index is -0.449. The standard InChI is InChI=1S/C23H20ClN3O5/c1-2-31-22-13-16(14-25-26-23(28)18-7-9-19(24)10-8-18)6-11-21(22)32-15-17-4-3-5-20(12-17)27(29)30/h3-14H,2,15H2,1H3,(H,26,28)/b25-14-.